The van der Waals surface area contributed by atoms with Gasteiger partial charge in [-0.25, -0.2) is 0 Å². The summed E-state index contributed by atoms with van der Waals surface area (Å²) in [6.45, 7) is 2.60. The summed E-state index contributed by atoms with van der Waals surface area (Å²) in [5.41, 5.74) is 15.3. The molecule has 1 aliphatic heterocycles. The highest BCUT2D eigenvalue weighted by molar-refractivity contribution is 5.53. The van der Waals surface area contributed by atoms with Crippen LogP contribution in [0.2, 0.25) is 0 Å². The van der Waals surface area contributed by atoms with Gasteiger partial charge in [0.05, 0.1) is 0 Å². The molecule has 1 heterocycles. The van der Waals surface area contributed by atoms with E-state index >= 15 is 0 Å². The van der Waals surface area contributed by atoms with Crippen LogP contribution in [0.3, 0.4) is 0 Å². The number of phenols is 1. The van der Waals surface area contributed by atoms with E-state index in [1.165, 1.54) is 5.56 Å². The molecule has 110 valence electrons. The summed E-state index contributed by atoms with van der Waals surface area (Å²) in [5.74, 6) is 0.411. The third-order valence-electron chi connectivity index (χ3n) is 4.16. The summed E-state index contributed by atoms with van der Waals surface area (Å²) in [6, 6.07) is 15.5. The van der Waals surface area contributed by atoms with Gasteiger partial charge in [-0.1, -0.05) is 30.3 Å². The molecule has 2 unspecified atom stereocenters. The van der Waals surface area contributed by atoms with Crippen LogP contribution in [0, 0.1) is 0 Å². The van der Waals surface area contributed by atoms with Gasteiger partial charge in [0, 0.05) is 37.3 Å². The van der Waals surface area contributed by atoms with Crippen LogP contribution in [0.4, 0.5) is 5.69 Å². The summed E-state index contributed by atoms with van der Waals surface area (Å²) >= 11 is 0. The highest BCUT2D eigenvalue weighted by atomic mass is 16.3. The van der Waals surface area contributed by atoms with Gasteiger partial charge < -0.3 is 16.6 Å². The summed E-state index contributed by atoms with van der Waals surface area (Å²) in [5, 5.41) is 9.68. The number of nitrogens with zero attached hydrogens (tertiary/aromatic N) is 1. The standard InChI is InChI=1S/C17H21N3O/c18-16-7-6-13(21)8-14(16)15-10-20(11-17(15)19)9-12-4-2-1-3-5-12/h1-8,15,17,21H,9-11,18-19H2. The van der Waals surface area contributed by atoms with Gasteiger partial charge in [0.1, 0.15) is 5.75 Å². The molecule has 0 spiro atoms. The molecule has 5 N–H and O–H groups in total. The van der Waals surface area contributed by atoms with E-state index in [1.807, 2.05) is 6.07 Å². The van der Waals surface area contributed by atoms with E-state index in [0.717, 1.165) is 25.2 Å². The number of anilines is 1. The average molecular weight is 283 g/mol. The summed E-state index contributed by atoms with van der Waals surface area (Å²) in [7, 11) is 0. The lowest BCUT2D eigenvalue weighted by Crippen LogP contribution is -2.28. The molecule has 2 aromatic rings. The minimum absolute atomic E-state index is 0.0396. The number of likely N-dealkylation sites (tertiary alicyclic amines) is 1. The van der Waals surface area contributed by atoms with Crippen LogP contribution >= 0.6 is 0 Å². The first kappa shape index (κ1) is 13.9. The smallest absolute Gasteiger partial charge is 0.116 e. The molecule has 21 heavy (non-hydrogen) atoms. The third-order valence-corrected chi connectivity index (χ3v) is 4.16. The van der Waals surface area contributed by atoms with Gasteiger partial charge in [-0.05, 0) is 29.3 Å². The zero-order valence-electron chi connectivity index (χ0n) is 11.9. The molecule has 0 saturated carbocycles. The van der Waals surface area contributed by atoms with Crippen molar-refractivity contribution in [3.8, 4) is 5.75 Å². The second-order valence-corrected chi connectivity index (χ2v) is 5.76. The normalized spacial score (nSPS) is 22.5. The van der Waals surface area contributed by atoms with Gasteiger partial charge in [-0.2, -0.15) is 0 Å². The van der Waals surface area contributed by atoms with Crippen molar-refractivity contribution in [3.63, 3.8) is 0 Å². The van der Waals surface area contributed by atoms with E-state index < -0.39 is 0 Å². The summed E-state index contributed by atoms with van der Waals surface area (Å²) < 4.78 is 0. The Morgan fingerprint density at radius 1 is 1.10 bits per heavy atom. The number of nitrogens with two attached hydrogens (primary N) is 2. The van der Waals surface area contributed by atoms with E-state index in [2.05, 4.69) is 29.2 Å². The fourth-order valence-electron chi connectivity index (χ4n) is 3.10. The van der Waals surface area contributed by atoms with Crippen LogP contribution in [-0.2, 0) is 6.54 Å². The van der Waals surface area contributed by atoms with Crippen molar-refractivity contribution >= 4 is 5.69 Å². The minimum atomic E-state index is 0.0396. The molecule has 0 bridgehead atoms. The Morgan fingerprint density at radius 3 is 2.62 bits per heavy atom. The lowest BCUT2D eigenvalue weighted by atomic mass is 9.93. The van der Waals surface area contributed by atoms with Crippen LogP contribution in [0.1, 0.15) is 17.0 Å². The Kier molecular flexibility index (Phi) is 3.82. The van der Waals surface area contributed by atoms with E-state index in [1.54, 1.807) is 18.2 Å². The van der Waals surface area contributed by atoms with Crippen molar-refractivity contribution in [1.82, 2.24) is 4.90 Å². The lowest BCUT2D eigenvalue weighted by molar-refractivity contribution is 0.324. The Hall–Kier alpha value is -2.04. The first-order chi connectivity index (χ1) is 10.1. The Balaban J connectivity index is 1.75. The number of nitrogen functional groups attached to an aromatic ring is 1. The van der Waals surface area contributed by atoms with Crippen LogP contribution in [0.15, 0.2) is 48.5 Å². The first-order valence-electron chi connectivity index (χ1n) is 7.24. The van der Waals surface area contributed by atoms with Gasteiger partial charge in [0.25, 0.3) is 0 Å². The van der Waals surface area contributed by atoms with E-state index in [4.69, 9.17) is 11.5 Å². The van der Waals surface area contributed by atoms with Gasteiger partial charge in [0.2, 0.25) is 0 Å². The molecular weight excluding hydrogens is 262 g/mol. The maximum Gasteiger partial charge on any atom is 0.116 e. The fraction of sp³-hybridized carbons (Fsp3) is 0.294. The van der Waals surface area contributed by atoms with Crippen LogP contribution < -0.4 is 11.5 Å². The molecule has 0 aromatic heterocycles. The Bertz CT molecular complexity index is 615. The van der Waals surface area contributed by atoms with Crippen molar-refractivity contribution in [1.29, 1.82) is 0 Å². The molecule has 0 amide bonds. The highest BCUT2D eigenvalue weighted by Gasteiger charge is 2.32. The largest absolute Gasteiger partial charge is 0.508 e. The van der Waals surface area contributed by atoms with Crippen LogP contribution in [-0.4, -0.2) is 29.1 Å². The molecule has 4 nitrogen and oxygen atoms in total. The molecule has 1 fully saturated rings. The third kappa shape index (κ3) is 3.01. The number of phenolic OH excluding ortho intramolecular Hbond substituents is 1. The molecule has 1 saturated heterocycles. The number of hydrogen-bond donors (Lipinski definition) is 3. The number of rotatable bonds is 3. The molecule has 3 rings (SSSR count). The maximum atomic E-state index is 9.68. The van der Waals surface area contributed by atoms with Gasteiger partial charge in [0.15, 0.2) is 0 Å². The molecular formula is C17H21N3O. The van der Waals surface area contributed by atoms with Gasteiger partial charge >= 0.3 is 0 Å². The monoisotopic (exact) mass is 283 g/mol. The van der Waals surface area contributed by atoms with Crippen molar-refractivity contribution < 1.29 is 5.11 Å². The van der Waals surface area contributed by atoms with Crippen molar-refractivity contribution in [2.24, 2.45) is 5.73 Å². The highest BCUT2D eigenvalue weighted by Crippen LogP contribution is 2.33. The van der Waals surface area contributed by atoms with E-state index in [0.29, 0.717) is 5.69 Å². The van der Waals surface area contributed by atoms with Crippen molar-refractivity contribution in [3.05, 3.63) is 59.7 Å². The summed E-state index contributed by atoms with van der Waals surface area (Å²) in [6.07, 6.45) is 0. The van der Waals surface area contributed by atoms with Gasteiger partial charge in [-0.3, -0.25) is 4.90 Å². The Morgan fingerprint density at radius 2 is 1.86 bits per heavy atom. The zero-order valence-corrected chi connectivity index (χ0v) is 11.9. The predicted octanol–water partition coefficient (Wildman–Crippen LogP) is 1.90. The molecule has 4 heteroatoms. The predicted molar refractivity (Wildman–Crippen MR) is 85.0 cm³/mol. The van der Waals surface area contributed by atoms with E-state index in [9.17, 15) is 5.11 Å². The number of benzene rings is 2. The van der Waals surface area contributed by atoms with Crippen LogP contribution in [0.25, 0.3) is 0 Å². The van der Waals surface area contributed by atoms with Gasteiger partial charge in [-0.15, -0.1) is 0 Å². The zero-order chi connectivity index (χ0) is 14.8. The van der Waals surface area contributed by atoms with Crippen LogP contribution in [0.5, 0.6) is 5.75 Å². The van der Waals surface area contributed by atoms with Crippen molar-refractivity contribution in [2.45, 2.75) is 18.5 Å². The average Bonchev–Trinajstić information content (AvgIpc) is 2.83. The lowest BCUT2D eigenvalue weighted by Gasteiger charge is -2.18. The number of aromatic hydroxyl groups is 1. The fourth-order valence-corrected chi connectivity index (χ4v) is 3.10. The maximum absolute atomic E-state index is 9.68. The molecule has 0 radical (unpaired) electrons. The molecule has 2 aromatic carbocycles. The second-order valence-electron chi connectivity index (χ2n) is 5.76. The Labute approximate surface area is 125 Å². The minimum Gasteiger partial charge on any atom is -0.508 e. The molecule has 1 aliphatic rings. The molecule has 0 aliphatic carbocycles. The SMILES string of the molecule is Nc1ccc(O)cc1C1CN(Cc2ccccc2)CC1N. The first-order valence-corrected chi connectivity index (χ1v) is 7.24. The summed E-state index contributed by atoms with van der Waals surface area (Å²) in [4.78, 5) is 2.34. The number of hydrogen-bond acceptors (Lipinski definition) is 4. The molecule has 2 atom stereocenters. The second kappa shape index (κ2) is 5.76. The van der Waals surface area contributed by atoms with Crippen molar-refractivity contribution in [2.75, 3.05) is 18.8 Å². The quantitative estimate of drug-likeness (QED) is 0.594. The topological polar surface area (TPSA) is 75.5 Å². The van der Waals surface area contributed by atoms with E-state index in [-0.39, 0.29) is 17.7 Å².